The van der Waals surface area contributed by atoms with Gasteiger partial charge in [0.1, 0.15) is 6.04 Å². The lowest BCUT2D eigenvalue weighted by Crippen LogP contribution is -2.41. The SMILES string of the molecule is Cc1ccc(S(=O)(=O)N2CCC[C@H]2C(=O)OCCCc2ccccc2)cc1. The highest BCUT2D eigenvalue weighted by atomic mass is 32.2. The zero-order valence-corrected chi connectivity index (χ0v) is 16.3. The molecule has 1 aliphatic heterocycles. The highest BCUT2D eigenvalue weighted by Gasteiger charge is 2.40. The lowest BCUT2D eigenvalue weighted by molar-refractivity contribution is -0.147. The van der Waals surface area contributed by atoms with Crippen molar-refractivity contribution in [2.45, 2.75) is 43.5 Å². The van der Waals surface area contributed by atoms with E-state index in [9.17, 15) is 13.2 Å². The molecule has 1 saturated heterocycles. The molecule has 5 nitrogen and oxygen atoms in total. The van der Waals surface area contributed by atoms with Gasteiger partial charge in [-0.1, -0.05) is 48.0 Å². The van der Waals surface area contributed by atoms with Crippen molar-refractivity contribution in [2.75, 3.05) is 13.2 Å². The number of benzene rings is 2. The normalized spacial score (nSPS) is 17.7. The molecule has 0 radical (unpaired) electrons. The molecule has 0 aliphatic carbocycles. The third kappa shape index (κ3) is 4.76. The molecule has 0 spiro atoms. The molecular formula is C21H25NO4S. The minimum absolute atomic E-state index is 0.219. The van der Waals surface area contributed by atoms with Crippen LogP contribution in [-0.2, 0) is 26.0 Å². The number of esters is 1. The maximum atomic E-state index is 12.9. The molecule has 0 aromatic heterocycles. The average molecular weight is 388 g/mol. The smallest absolute Gasteiger partial charge is 0.324 e. The minimum Gasteiger partial charge on any atom is -0.464 e. The van der Waals surface area contributed by atoms with E-state index in [0.717, 1.165) is 12.0 Å². The van der Waals surface area contributed by atoms with E-state index in [0.29, 0.717) is 32.4 Å². The third-order valence-corrected chi connectivity index (χ3v) is 6.72. The van der Waals surface area contributed by atoms with Crippen LogP contribution in [0.15, 0.2) is 59.5 Å². The van der Waals surface area contributed by atoms with Crippen LogP contribution in [0.3, 0.4) is 0 Å². The van der Waals surface area contributed by atoms with E-state index in [1.54, 1.807) is 24.3 Å². The fourth-order valence-corrected chi connectivity index (χ4v) is 4.95. The van der Waals surface area contributed by atoms with Gasteiger partial charge in [0.05, 0.1) is 11.5 Å². The highest BCUT2D eigenvalue weighted by molar-refractivity contribution is 7.89. The molecule has 2 aromatic rings. The number of hydrogen-bond donors (Lipinski definition) is 0. The molecule has 0 N–H and O–H groups in total. The van der Waals surface area contributed by atoms with Crippen LogP contribution < -0.4 is 0 Å². The zero-order valence-electron chi connectivity index (χ0n) is 15.5. The van der Waals surface area contributed by atoms with Crippen LogP contribution in [0.4, 0.5) is 0 Å². The molecule has 0 amide bonds. The highest BCUT2D eigenvalue weighted by Crippen LogP contribution is 2.27. The predicted octanol–water partition coefficient (Wildman–Crippen LogP) is 3.32. The first kappa shape index (κ1) is 19.6. The van der Waals surface area contributed by atoms with Crippen molar-refractivity contribution in [3.05, 3.63) is 65.7 Å². The van der Waals surface area contributed by atoms with Crippen LogP contribution in [0.5, 0.6) is 0 Å². The molecule has 3 rings (SSSR count). The fourth-order valence-electron chi connectivity index (χ4n) is 3.30. The van der Waals surface area contributed by atoms with Gasteiger partial charge in [0.2, 0.25) is 10.0 Å². The summed E-state index contributed by atoms with van der Waals surface area (Å²) in [6, 6.07) is 16.0. The number of nitrogens with zero attached hydrogens (tertiary/aromatic N) is 1. The number of rotatable bonds is 7. The first-order valence-corrected chi connectivity index (χ1v) is 10.7. The lowest BCUT2D eigenvalue weighted by atomic mass is 10.1. The van der Waals surface area contributed by atoms with E-state index < -0.39 is 22.0 Å². The second kappa shape index (κ2) is 8.67. The van der Waals surface area contributed by atoms with Crippen LogP contribution in [-0.4, -0.2) is 37.9 Å². The first-order chi connectivity index (χ1) is 13.0. The first-order valence-electron chi connectivity index (χ1n) is 9.27. The molecule has 144 valence electrons. The van der Waals surface area contributed by atoms with Gasteiger partial charge in [0.15, 0.2) is 0 Å². The Morgan fingerprint density at radius 1 is 1.11 bits per heavy atom. The molecule has 6 heteroatoms. The fraction of sp³-hybridized carbons (Fsp3) is 0.381. The van der Waals surface area contributed by atoms with Gasteiger partial charge in [0, 0.05) is 6.54 Å². The van der Waals surface area contributed by atoms with Gasteiger partial charge in [-0.2, -0.15) is 4.31 Å². The van der Waals surface area contributed by atoms with E-state index in [1.807, 2.05) is 37.3 Å². The van der Waals surface area contributed by atoms with Crippen molar-refractivity contribution >= 4 is 16.0 Å². The molecule has 0 bridgehead atoms. The molecule has 0 unspecified atom stereocenters. The number of sulfonamides is 1. The maximum absolute atomic E-state index is 12.9. The summed E-state index contributed by atoms with van der Waals surface area (Å²) in [7, 11) is -3.69. The number of ether oxygens (including phenoxy) is 1. The molecular weight excluding hydrogens is 362 g/mol. The minimum atomic E-state index is -3.69. The van der Waals surface area contributed by atoms with Gasteiger partial charge >= 0.3 is 5.97 Å². The maximum Gasteiger partial charge on any atom is 0.324 e. The van der Waals surface area contributed by atoms with Crippen LogP contribution in [0.2, 0.25) is 0 Å². The summed E-state index contributed by atoms with van der Waals surface area (Å²) >= 11 is 0. The van der Waals surface area contributed by atoms with Gasteiger partial charge < -0.3 is 4.74 Å². The average Bonchev–Trinajstić information content (AvgIpc) is 3.17. The van der Waals surface area contributed by atoms with Crippen LogP contribution in [0, 0.1) is 6.92 Å². The number of carbonyl (C=O) groups excluding carboxylic acids is 1. The standard InChI is InChI=1S/C21H25NO4S/c1-17-11-13-19(14-12-17)27(24,25)22-15-5-10-20(22)21(23)26-16-6-9-18-7-3-2-4-8-18/h2-4,7-8,11-14,20H,5-6,9-10,15-16H2,1H3/t20-/m0/s1. The molecule has 1 heterocycles. The van der Waals surface area contributed by atoms with Gasteiger partial charge in [-0.25, -0.2) is 8.42 Å². The van der Waals surface area contributed by atoms with Gasteiger partial charge in [0.25, 0.3) is 0 Å². The van der Waals surface area contributed by atoms with E-state index in [-0.39, 0.29) is 4.90 Å². The molecule has 27 heavy (non-hydrogen) atoms. The zero-order chi connectivity index (χ0) is 19.3. The largest absolute Gasteiger partial charge is 0.464 e. The Morgan fingerprint density at radius 3 is 2.52 bits per heavy atom. The van der Waals surface area contributed by atoms with E-state index in [1.165, 1.54) is 9.87 Å². The van der Waals surface area contributed by atoms with Gasteiger partial charge in [-0.15, -0.1) is 0 Å². The molecule has 0 saturated carbocycles. The van der Waals surface area contributed by atoms with Crippen LogP contribution in [0.1, 0.15) is 30.4 Å². The van der Waals surface area contributed by atoms with Gasteiger partial charge in [-0.05, 0) is 50.3 Å². The predicted molar refractivity (Wildman–Crippen MR) is 104 cm³/mol. The van der Waals surface area contributed by atoms with Crippen molar-refractivity contribution < 1.29 is 17.9 Å². The summed E-state index contributed by atoms with van der Waals surface area (Å²) in [5.74, 6) is -0.448. The number of aryl methyl sites for hydroxylation is 2. The summed E-state index contributed by atoms with van der Waals surface area (Å²) in [6.45, 7) is 2.55. The number of hydrogen-bond acceptors (Lipinski definition) is 4. The Morgan fingerprint density at radius 2 is 1.81 bits per heavy atom. The molecule has 2 aromatic carbocycles. The number of carbonyl (C=O) groups is 1. The quantitative estimate of drug-likeness (QED) is 0.540. The summed E-state index contributed by atoms with van der Waals surface area (Å²) in [5, 5.41) is 0. The Balaban J connectivity index is 1.58. The van der Waals surface area contributed by atoms with Crippen LogP contribution >= 0.6 is 0 Å². The van der Waals surface area contributed by atoms with Crippen molar-refractivity contribution in [3.8, 4) is 0 Å². The molecule has 1 atom stereocenters. The van der Waals surface area contributed by atoms with Crippen molar-refractivity contribution in [1.29, 1.82) is 0 Å². The summed E-state index contributed by atoms with van der Waals surface area (Å²) < 4.78 is 32.5. The lowest BCUT2D eigenvalue weighted by Gasteiger charge is -2.22. The Hall–Kier alpha value is -2.18. The van der Waals surface area contributed by atoms with Crippen molar-refractivity contribution in [1.82, 2.24) is 4.31 Å². The molecule has 1 fully saturated rings. The summed E-state index contributed by atoms with van der Waals surface area (Å²) in [6.07, 6.45) is 2.70. The Bertz CT molecular complexity index is 863. The monoisotopic (exact) mass is 387 g/mol. The van der Waals surface area contributed by atoms with E-state index >= 15 is 0 Å². The Labute approximate surface area is 161 Å². The third-order valence-electron chi connectivity index (χ3n) is 4.80. The van der Waals surface area contributed by atoms with Crippen molar-refractivity contribution in [2.24, 2.45) is 0 Å². The second-order valence-electron chi connectivity index (χ2n) is 6.84. The summed E-state index contributed by atoms with van der Waals surface area (Å²) in [4.78, 5) is 12.7. The summed E-state index contributed by atoms with van der Waals surface area (Å²) in [5.41, 5.74) is 2.18. The molecule has 1 aliphatic rings. The van der Waals surface area contributed by atoms with Crippen LogP contribution in [0.25, 0.3) is 0 Å². The Kier molecular flexibility index (Phi) is 6.29. The van der Waals surface area contributed by atoms with Crippen molar-refractivity contribution in [3.63, 3.8) is 0 Å². The van der Waals surface area contributed by atoms with E-state index in [4.69, 9.17) is 4.74 Å². The second-order valence-corrected chi connectivity index (χ2v) is 8.73. The topological polar surface area (TPSA) is 63.7 Å². The van der Waals surface area contributed by atoms with Gasteiger partial charge in [-0.3, -0.25) is 4.79 Å². The van der Waals surface area contributed by atoms with E-state index in [2.05, 4.69) is 0 Å².